The second-order valence-electron chi connectivity index (χ2n) is 16.9. The van der Waals surface area contributed by atoms with Gasteiger partial charge in [-0.15, -0.1) is 0 Å². The molecule has 1 aliphatic carbocycles. The van der Waals surface area contributed by atoms with E-state index in [4.69, 9.17) is 9.47 Å². The van der Waals surface area contributed by atoms with Crippen molar-refractivity contribution in [2.75, 3.05) is 16.8 Å². The Bertz CT molecular complexity index is 2040. The van der Waals surface area contributed by atoms with Crippen LogP contribution in [0.4, 0.5) is 16.2 Å². The Morgan fingerprint density at radius 3 is 2.50 bits per heavy atom. The maximum atomic E-state index is 13.2. The van der Waals surface area contributed by atoms with E-state index in [9.17, 15) is 19.5 Å². The van der Waals surface area contributed by atoms with Crippen molar-refractivity contribution in [3.63, 3.8) is 0 Å². The molecule has 3 aromatic carbocycles. The molecule has 6 rings (SSSR count). The number of benzene rings is 3. The van der Waals surface area contributed by atoms with Crippen LogP contribution in [0.25, 0.3) is 6.08 Å². The summed E-state index contributed by atoms with van der Waals surface area (Å²) in [5.74, 6) is -0.113. The molecule has 0 bridgehead atoms. The molecule has 3 aliphatic rings. The molecule has 0 fully saturated rings. The number of allylic oxidation sites excluding steroid dienone is 3. The number of carbonyl (C=O) groups is 3. The maximum Gasteiger partial charge on any atom is 0.408 e. The van der Waals surface area contributed by atoms with Gasteiger partial charge in [-0.3, -0.25) is 9.59 Å². The van der Waals surface area contributed by atoms with Crippen molar-refractivity contribution in [1.82, 2.24) is 5.32 Å². The fraction of sp³-hybridized carbons (Fsp3) is 0.413. The molecule has 0 spiro atoms. The predicted molar refractivity (Wildman–Crippen MR) is 225 cm³/mol. The molecule has 56 heavy (non-hydrogen) atoms. The molecule has 9 nitrogen and oxygen atoms in total. The van der Waals surface area contributed by atoms with Crippen LogP contribution in [0, 0.1) is 5.92 Å². The third-order valence-corrected chi connectivity index (χ3v) is 11.7. The highest BCUT2D eigenvalue weighted by Crippen LogP contribution is 2.49. The summed E-state index contributed by atoms with van der Waals surface area (Å²) in [6.07, 6.45) is 9.97. The number of anilines is 2. The molecule has 0 radical (unpaired) electrons. The fourth-order valence-corrected chi connectivity index (χ4v) is 8.90. The molecule has 10 heteroatoms. The minimum Gasteiger partial charge on any atom is -0.489 e. The van der Waals surface area contributed by atoms with Gasteiger partial charge in [0.25, 0.3) is 0 Å². The van der Waals surface area contributed by atoms with E-state index in [1.807, 2.05) is 50.2 Å². The smallest absolute Gasteiger partial charge is 0.408 e. The van der Waals surface area contributed by atoms with E-state index in [1.54, 1.807) is 32.5 Å². The third kappa shape index (κ3) is 9.88. The SMILES string of the molecule is CC(C)CC(NC(=O)OC(C)(C)C)C(=O)Nc1ccc(COc2ccc3c(c2)SC2=C(/C=C/C4N(CCC(=O)O)c5ccccc5C4(C)C)CCCC2=C3)cc1. The summed E-state index contributed by atoms with van der Waals surface area (Å²) in [7, 11) is 0. The number of carbonyl (C=O) groups excluding carboxylic acids is 2. The predicted octanol–water partition coefficient (Wildman–Crippen LogP) is 10.3. The lowest BCUT2D eigenvalue weighted by Gasteiger charge is -2.32. The number of carboxylic acid groups (broad SMARTS) is 1. The van der Waals surface area contributed by atoms with E-state index in [2.05, 4.69) is 77.9 Å². The Kier molecular flexibility index (Phi) is 12.4. The molecule has 3 N–H and O–H groups in total. The maximum absolute atomic E-state index is 13.2. The Labute approximate surface area is 335 Å². The van der Waals surface area contributed by atoms with Gasteiger partial charge in [0.05, 0.1) is 12.5 Å². The van der Waals surface area contributed by atoms with Gasteiger partial charge in [-0.05, 0) is 117 Å². The second-order valence-corrected chi connectivity index (χ2v) is 17.9. The number of nitrogens with one attached hydrogen (secondary N) is 2. The van der Waals surface area contributed by atoms with Crippen LogP contribution in [-0.4, -0.2) is 47.3 Å². The lowest BCUT2D eigenvalue weighted by Crippen LogP contribution is -2.46. The minimum absolute atomic E-state index is 0.0379. The largest absolute Gasteiger partial charge is 0.489 e. The van der Waals surface area contributed by atoms with Gasteiger partial charge in [0.2, 0.25) is 5.91 Å². The number of carboxylic acids is 1. The molecule has 2 atom stereocenters. The molecule has 2 unspecified atom stereocenters. The zero-order valence-corrected chi connectivity index (χ0v) is 34.4. The van der Waals surface area contributed by atoms with Crippen LogP contribution in [0.2, 0.25) is 0 Å². The van der Waals surface area contributed by atoms with Crippen LogP contribution in [0.3, 0.4) is 0 Å². The topological polar surface area (TPSA) is 117 Å². The summed E-state index contributed by atoms with van der Waals surface area (Å²) in [5.41, 5.74) is 6.99. The van der Waals surface area contributed by atoms with Gasteiger partial charge in [-0.2, -0.15) is 0 Å². The van der Waals surface area contributed by atoms with E-state index < -0.39 is 23.7 Å². The van der Waals surface area contributed by atoms with Gasteiger partial charge < -0.3 is 30.1 Å². The number of para-hydroxylation sites is 1. The van der Waals surface area contributed by atoms with Gasteiger partial charge in [0.1, 0.15) is 24.0 Å². The van der Waals surface area contributed by atoms with Crippen molar-refractivity contribution in [2.45, 2.75) is 115 Å². The number of nitrogens with zero attached hydrogens (tertiary/aromatic N) is 1. The first-order valence-corrected chi connectivity index (χ1v) is 20.4. The number of alkyl carbamates (subject to hydrolysis) is 1. The van der Waals surface area contributed by atoms with Gasteiger partial charge >= 0.3 is 12.1 Å². The van der Waals surface area contributed by atoms with E-state index in [1.165, 1.54) is 27.2 Å². The van der Waals surface area contributed by atoms with E-state index in [-0.39, 0.29) is 29.7 Å². The third-order valence-electron chi connectivity index (χ3n) is 10.4. The van der Waals surface area contributed by atoms with Crippen LogP contribution >= 0.6 is 11.8 Å². The van der Waals surface area contributed by atoms with Crippen molar-refractivity contribution in [3.05, 3.63) is 112 Å². The van der Waals surface area contributed by atoms with Crippen molar-refractivity contribution in [2.24, 2.45) is 5.92 Å². The standard InChI is InChI=1S/C46H55N3O6S/c1-29(2)25-37(48-44(53)55-45(3,4)5)43(52)47-34-19-15-30(16-20-34)28-54-35-21-17-32-26-33-12-10-11-31(42(33)56-39(32)27-35)18-22-40-46(6,7)36-13-8-9-14-38(36)49(40)24-23-41(50)51/h8-9,13-22,26-27,29,37,40H,10-12,23-25,28H2,1-7H3,(H,47,52)(H,48,53)(H,50,51)/b22-18+. The summed E-state index contributed by atoms with van der Waals surface area (Å²) >= 11 is 1.80. The van der Waals surface area contributed by atoms with Crippen LogP contribution in [-0.2, 0) is 26.3 Å². The van der Waals surface area contributed by atoms with Crippen LogP contribution < -0.4 is 20.3 Å². The Morgan fingerprint density at radius 2 is 1.79 bits per heavy atom. The van der Waals surface area contributed by atoms with Gasteiger partial charge in [-0.25, -0.2) is 4.79 Å². The highest BCUT2D eigenvalue weighted by Gasteiger charge is 2.43. The molecule has 3 aromatic rings. The van der Waals surface area contributed by atoms with E-state index in [0.717, 1.165) is 41.2 Å². The zero-order valence-electron chi connectivity index (χ0n) is 33.6. The average molecular weight is 778 g/mol. The quantitative estimate of drug-likeness (QED) is 0.157. The molecular formula is C46H55N3O6S. The van der Waals surface area contributed by atoms with Crippen LogP contribution in [0.15, 0.2) is 99.8 Å². The molecule has 2 amide bonds. The summed E-state index contributed by atoms with van der Waals surface area (Å²) in [4.78, 5) is 41.9. The normalized spacial score (nSPS) is 17.8. The first-order chi connectivity index (χ1) is 26.6. The molecule has 2 aliphatic heterocycles. The molecule has 0 saturated heterocycles. The average Bonchev–Trinajstić information content (AvgIpc) is 3.35. The van der Waals surface area contributed by atoms with Gasteiger partial charge in [-0.1, -0.05) is 88.0 Å². The first-order valence-electron chi connectivity index (χ1n) is 19.6. The molecule has 0 aromatic heterocycles. The summed E-state index contributed by atoms with van der Waals surface area (Å²) in [6.45, 7) is 14.7. The highest BCUT2D eigenvalue weighted by molar-refractivity contribution is 8.03. The molecule has 296 valence electrons. The summed E-state index contributed by atoms with van der Waals surface area (Å²) in [6, 6.07) is 21.5. The monoisotopic (exact) mass is 777 g/mol. The van der Waals surface area contributed by atoms with E-state index >= 15 is 0 Å². The second kappa shape index (κ2) is 17.0. The van der Waals surface area contributed by atoms with Crippen molar-refractivity contribution >= 4 is 47.2 Å². The zero-order chi connectivity index (χ0) is 40.2. The van der Waals surface area contributed by atoms with E-state index in [0.29, 0.717) is 25.3 Å². The number of thioether (sulfide) groups is 1. The Balaban J connectivity index is 1.11. The minimum atomic E-state index is -0.788. The van der Waals surface area contributed by atoms with Gasteiger partial charge in [0, 0.05) is 33.1 Å². The molecule has 2 heterocycles. The molecule has 0 saturated carbocycles. The van der Waals surface area contributed by atoms with Crippen LogP contribution in [0.5, 0.6) is 5.75 Å². The number of ether oxygens (including phenoxy) is 2. The van der Waals surface area contributed by atoms with Crippen molar-refractivity contribution in [1.29, 1.82) is 0 Å². The summed E-state index contributed by atoms with van der Waals surface area (Å²) in [5, 5.41) is 15.2. The lowest BCUT2D eigenvalue weighted by molar-refractivity contribution is -0.136. The summed E-state index contributed by atoms with van der Waals surface area (Å²) < 4.78 is 11.6. The van der Waals surface area contributed by atoms with Crippen molar-refractivity contribution < 1.29 is 29.0 Å². The number of hydrogen-bond donors (Lipinski definition) is 3. The number of amides is 2. The number of rotatable bonds is 13. The van der Waals surface area contributed by atoms with Crippen LogP contribution in [0.1, 0.15) is 97.3 Å². The molecular weight excluding hydrogens is 723 g/mol. The first kappa shape index (κ1) is 40.7. The van der Waals surface area contributed by atoms with Crippen molar-refractivity contribution in [3.8, 4) is 5.75 Å². The Morgan fingerprint density at radius 1 is 1.04 bits per heavy atom. The number of hydrogen-bond acceptors (Lipinski definition) is 7. The van der Waals surface area contributed by atoms with Gasteiger partial charge in [0.15, 0.2) is 0 Å². The fourth-order valence-electron chi connectivity index (χ4n) is 7.67. The number of aliphatic carboxylic acids is 1. The lowest BCUT2D eigenvalue weighted by atomic mass is 9.80. The number of fused-ring (bicyclic) bond motifs is 3. The highest BCUT2D eigenvalue weighted by atomic mass is 32.2. The Hall–Kier alpha value is -4.96.